The van der Waals surface area contributed by atoms with Crippen molar-refractivity contribution in [2.75, 3.05) is 24.9 Å². The highest BCUT2D eigenvalue weighted by Crippen LogP contribution is 2.40. The third-order valence-corrected chi connectivity index (χ3v) is 8.33. The molecule has 10 heteroatoms. The van der Waals surface area contributed by atoms with Crippen LogP contribution in [0.15, 0.2) is 66.9 Å². The summed E-state index contributed by atoms with van der Waals surface area (Å²) in [6.07, 6.45) is 1.94. The van der Waals surface area contributed by atoms with Gasteiger partial charge in [0, 0.05) is 12.6 Å². The summed E-state index contributed by atoms with van der Waals surface area (Å²) in [5.41, 5.74) is 2.03. The van der Waals surface area contributed by atoms with Crippen LogP contribution in [0.5, 0.6) is 11.5 Å². The molecule has 0 aliphatic carbocycles. The Morgan fingerprint density at radius 2 is 1.69 bits per heavy atom. The fraction of sp³-hybridized carbons (Fsp3) is 0.269. The summed E-state index contributed by atoms with van der Waals surface area (Å²) in [4.78, 5) is 24.0. The minimum absolute atomic E-state index is 0.0445. The predicted octanol–water partition coefficient (Wildman–Crippen LogP) is 4.64. The smallest absolute Gasteiger partial charge is 0.229 e. The van der Waals surface area contributed by atoms with Crippen molar-refractivity contribution in [2.45, 2.75) is 25.1 Å². The minimum Gasteiger partial charge on any atom is -0.495 e. The van der Waals surface area contributed by atoms with Gasteiger partial charge in [-0.2, -0.15) is 0 Å². The van der Waals surface area contributed by atoms with Gasteiger partial charge in [0.1, 0.15) is 21.7 Å². The number of amides is 1. The largest absolute Gasteiger partial charge is 0.495 e. The first kappa shape index (κ1) is 25.6. The summed E-state index contributed by atoms with van der Waals surface area (Å²) in [6, 6.07) is 18.1. The first-order valence-corrected chi connectivity index (χ1v) is 14.0. The Balaban J connectivity index is 1.55. The monoisotopic (exact) mass is 525 g/mol. The van der Waals surface area contributed by atoms with Crippen LogP contribution >= 0.6 is 11.3 Å². The van der Waals surface area contributed by atoms with Gasteiger partial charge in [0.15, 0.2) is 15.0 Å². The van der Waals surface area contributed by atoms with E-state index in [1.165, 1.54) is 11.3 Å². The highest BCUT2D eigenvalue weighted by molar-refractivity contribution is 7.90. The molecule has 0 saturated carbocycles. The number of methoxy groups -OCH3 is 2. The maximum Gasteiger partial charge on any atom is 0.229 e. The van der Waals surface area contributed by atoms with Crippen LogP contribution in [0.25, 0.3) is 10.2 Å². The molecule has 36 heavy (non-hydrogen) atoms. The lowest BCUT2D eigenvalue weighted by Crippen LogP contribution is -2.31. The number of anilines is 1. The first-order valence-electron chi connectivity index (χ1n) is 11.4. The molecule has 0 bridgehead atoms. The predicted molar refractivity (Wildman–Crippen MR) is 141 cm³/mol. The third-order valence-electron chi connectivity index (χ3n) is 5.55. The van der Waals surface area contributed by atoms with E-state index in [0.29, 0.717) is 27.8 Å². The zero-order chi connectivity index (χ0) is 25.5. The molecule has 2 aromatic carbocycles. The fourth-order valence-corrected chi connectivity index (χ4v) is 6.30. The molecule has 0 fully saturated rings. The van der Waals surface area contributed by atoms with Crippen molar-refractivity contribution in [1.29, 1.82) is 0 Å². The molecule has 188 valence electrons. The number of aromatic nitrogens is 2. The van der Waals surface area contributed by atoms with Crippen LogP contribution in [0.3, 0.4) is 0 Å². The second kappa shape index (κ2) is 11.5. The quantitative estimate of drug-likeness (QED) is 0.281. The van der Waals surface area contributed by atoms with E-state index in [-0.39, 0.29) is 36.8 Å². The SMILES string of the molecule is COc1ccc(OC)c2sc(N(Cc3ccccn3)C(=O)CCCS(=O)(=O)Cc3ccccc3)nc12. The molecule has 2 aromatic heterocycles. The van der Waals surface area contributed by atoms with Gasteiger partial charge in [-0.25, -0.2) is 13.4 Å². The van der Waals surface area contributed by atoms with Crippen molar-refractivity contribution in [3.63, 3.8) is 0 Å². The van der Waals surface area contributed by atoms with E-state index < -0.39 is 9.84 Å². The molecule has 4 rings (SSSR count). The molecule has 0 aliphatic rings. The molecule has 0 radical (unpaired) electrons. The average Bonchev–Trinajstić information content (AvgIpc) is 3.32. The number of carbonyl (C=O) groups excluding carboxylic acids is 1. The molecule has 8 nitrogen and oxygen atoms in total. The maximum atomic E-state index is 13.4. The van der Waals surface area contributed by atoms with Gasteiger partial charge in [-0.1, -0.05) is 47.7 Å². The molecule has 4 aromatic rings. The van der Waals surface area contributed by atoms with E-state index in [1.54, 1.807) is 55.6 Å². The van der Waals surface area contributed by atoms with E-state index >= 15 is 0 Å². The van der Waals surface area contributed by atoms with E-state index in [0.717, 1.165) is 10.3 Å². The van der Waals surface area contributed by atoms with Crippen LogP contribution in [-0.4, -0.2) is 44.3 Å². The van der Waals surface area contributed by atoms with Gasteiger partial charge in [0.25, 0.3) is 0 Å². The highest BCUT2D eigenvalue weighted by Gasteiger charge is 2.24. The van der Waals surface area contributed by atoms with Gasteiger partial charge in [-0.15, -0.1) is 0 Å². The number of pyridine rings is 1. The number of benzene rings is 2. The Morgan fingerprint density at radius 1 is 0.972 bits per heavy atom. The Kier molecular flexibility index (Phi) is 8.17. The molecular formula is C26H27N3O5S2. The van der Waals surface area contributed by atoms with E-state index in [9.17, 15) is 13.2 Å². The number of ether oxygens (including phenoxy) is 2. The summed E-state index contributed by atoms with van der Waals surface area (Å²) < 4.78 is 36.9. The number of sulfone groups is 1. The maximum absolute atomic E-state index is 13.4. The number of hydrogen-bond donors (Lipinski definition) is 0. The molecule has 0 aliphatic heterocycles. The molecule has 0 unspecified atom stereocenters. The zero-order valence-corrected chi connectivity index (χ0v) is 21.7. The molecule has 1 amide bonds. The number of rotatable bonds is 11. The van der Waals surface area contributed by atoms with Crippen molar-refractivity contribution < 1.29 is 22.7 Å². The number of hydrogen-bond acceptors (Lipinski definition) is 8. The topological polar surface area (TPSA) is 98.7 Å². The molecule has 0 N–H and O–H groups in total. The number of carbonyl (C=O) groups is 1. The van der Waals surface area contributed by atoms with Crippen molar-refractivity contribution in [2.24, 2.45) is 0 Å². The average molecular weight is 526 g/mol. The summed E-state index contributed by atoms with van der Waals surface area (Å²) in [6.45, 7) is 0.209. The van der Waals surface area contributed by atoms with Crippen molar-refractivity contribution in [3.05, 3.63) is 78.1 Å². The number of fused-ring (bicyclic) bond motifs is 1. The Labute approximate surface area is 214 Å². The second-order valence-electron chi connectivity index (χ2n) is 8.13. The molecule has 0 atom stereocenters. The van der Waals surface area contributed by atoms with Gasteiger partial charge in [-0.3, -0.25) is 14.7 Å². The molecule has 2 heterocycles. The van der Waals surface area contributed by atoms with Gasteiger partial charge >= 0.3 is 0 Å². The van der Waals surface area contributed by atoms with Crippen molar-refractivity contribution >= 4 is 42.4 Å². The van der Waals surface area contributed by atoms with Crippen LogP contribution in [-0.2, 0) is 26.9 Å². The van der Waals surface area contributed by atoms with E-state index in [1.807, 2.05) is 30.3 Å². The van der Waals surface area contributed by atoms with Crippen LogP contribution in [0, 0.1) is 0 Å². The van der Waals surface area contributed by atoms with E-state index in [2.05, 4.69) is 4.98 Å². The van der Waals surface area contributed by atoms with Crippen LogP contribution in [0.2, 0.25) is 0 Å². The van der Waals surface area contributed by atoms with Gasteiger partial charge in [-0.05, 0) is 36.2 Å². The summed E-state index contributed by atoms with van der Waals surface area (Å²) in [5.74, 6) is 0.855. The van der Waals surface area contributed by atoms with Crippen LogP contribution < -0.4 is 14.4 Å². The normalized spacial score (nSPS) is 11.4. The van der Waals surface area contributed by atoms with Crippen molar-refractivity contribution in [1.82, 2.24) is 9.97 Å². The summed E-state index contributed by atoms with van der Waals surface area (Å²) in [7, 11) is -0.208. The first-order chi connectivity index (χ1) is 17.4. The number of nitrogens with zero attached hydrogens (tertiary/aromatic N) is 3. The Morgan fingerprint density at radius 3 is 2.39 bits per heavy atom. The van der Waals surface area contributed by atoms with E-state index in [4.69, 9.17) is 14.5 Å². The summed E-state index contributed by atoms with van der Waals surface area (Å²) in [5, 5.41) is 0.468. The summed E-state index contributed by atoms with van der Waals surface area (Å²) >= 11 is 1.32. The zero-order valence-electron chi connectivity index (χ0n) is 20.1. The Bertz CT molecular complexity index is 1380. The van der Waals surface area contributed by atoms with Crippen molar-refractivity contribution in [3.8, 4) is 11.5 Å². The molecule has 0 saturated heterocycles. The fourth-order valence-electron chi connectivity index (χ4n) is 3.78. The van der Waals surface area contributed by atoms with Gasteiger partial charge < -0.3 is 9.47 Å². The number of thiazole rings is 1. The molecule has 0 spiro atoms. The van der Waals surface area contributed by atoms with Crippen LogP contribution in [0.4, 0.5) is 5.13 Å². The second-order valence-corrected chi connectivity index (χ2v) is 11.3. The van der Waals surface area contributed by atoms with Gasteiger partial charge in [0.2, 0.25) is 5.91 Å². The van der Waals surface area contributed by atoms with Gasteiger partial charge in [0.05, 0.1) is 38.0 Å². The minimum atomic E-state index is -3.35. The standard InChI is InChI=1S/C26H27N3O5S2/c1-33-21-13-14-22(34-2)25-24(21)28-26(35-25)29(17-20-11-6-7-15-27-20)23(30)12-8-16-36(31,32)18-19-9-4-3-5-10-19/h3-7,9-11,13-15H,8,12,16-18H2,1-2H3. The van der Waals surface area contributed by atoms with Crippen LogP contribution in [0.1, 0.15) is 24.1 Å². The lowest BCUT2D eigenvalue weighted by Gasteiger charge is -2.19. The Hall–Kier alpha value is -3.50. The highest BCUT2D eigenvalue weighted by atomic mass is 32.2. The lowest BCUT2D eigenvalue weighted by molar-refractivity contribution is -0.118. The third kappa shape index (κ3) is 6.19. The molecular weight excluding hydrogens is 498 g/mol. The lowest BCUT2D eigenvalue weighted by atomic mass is 10.2.